The average Bonchev–Trinajstić information content (AvgIpc) is 3.41. The molecule has 0 aliphatic heterocycles. The van der Waals surface area contributed by atoms with E-state index in [1.165, 1.54) is 57.7 Å². The molecule has 28 heavy (non-hydrogen) atoms. The second-order valence-electron chi connectivity index (χ2n) is 6.51. The summed E-state index contributed by atoms with van der Waals surface area (Å²) in [4.78, 5) is 2.59. The van der Waals surface area contributed by atoms with Crippen molar-refractivity contribution in [3.8, 4) is 0 Å². The molecule has 0 N–H and O–H groups in total. The quantitative estimate of drug-likeness (QED) is 0.197. The van der Waals surface area contributed by atoms with Gasteiger partial charge in [0.05, 0.1) is 7.57 Å². The number of hydrogen-bond donors (Lipinski definition) is 0. The molecule has 6 rings (SSSR count). The van der Waals surface area contributed by atoms with Gasteiger partial charge in [-0.25, -0.2) is 0 Å². The minimum atomic E-state index is 1.19. The van der Waals surface area contributed by atoms with Gasteiger partial charge in [0.2, 0.25) is 0 Å². The summed E-state index contributed by atoms with van der Waals surface area (Å²) in [5, 5.41) is 5.39. The van der Waals surface area contributed by atoms with Crippen LogP contribution in [0.15, 0.2) is 56.1 Å². The molecular weight excluding hydrogens is 552 g/mol. The highest BCUT2D eigenvalue weighted by atomic mass is 79.9. The van der Waals surface area contributed by atoms with E-state index in [1.807, 2.05) is 22.7 Å². The zero-order chi connectivity index (χ0) is 18.8. The van der Waals surface area contributed by atoms with Crippen LogP contribution in [0.25, 0.3) is 52.5 Å². The van der Waals surface area contributed by atoms with Crippen LogP contribution in [0.4, 0.5) is 0 Å². The molecule has 0 atom stereocenters. The van der Waals surface area contributed by atoms with Gasteiger partial charge in [-0.1, -0.05) is 0 Å². The van der Waals surface area contributed by atoms with Gasteiger partial charge in [0, 0.05) is 50.1 Å². The zero-order valence-corrected chi connectivity index (χ0v) is 20.6. The van der Waals surface area contributed by atoms with E-state index in [2.05, 4.69) is 92.5 Å². The van der Waals surface area contributed by atoms with E-state index in [9.17, 15) is 0 Å². The van der Waals surface area contributed by atoms with Crippen LogP contribution in [0.1, 0.15) is 9.75 Å². The number of hydrogen-bond acceptors (Lipinski definition) is 4. The molecule has 0 fully saturated rings. The maximum atomic E-state index is 3.62. The first-order valence-corrected chi connectivity index (χ1v) is 13.4. The molecule has 0 radical (unpaired) electrons. The van der Waals surface area contributed by atoms with Gasteiger partial charge in [-0.3, -0.25) is 0 Å². The summed E-state index contributed by atoms with van der Waals surface area (Å²) in [5.74, 6) is 0. The lowest BCUT2D eigenvalue weighted by Crippen LogP contribution is -1.64. The van der Waals surface area contributed by atoms with Crippen molar-refractivity contribution in [2.45, 2.75) is 0 Å². The van der Waals surface area contributed by atoms with Crippen LogP contribution in [-0.2, 0) is 0 Å². The number of halogens is 2. The highest BCUT2D eigenvalue weighted by Gasteiger charge is 2.09. The Bertz CT molecular complexity index is 1420. The van der Waals surface area contributed by atoms with Crippen LogP contribution in [0.2, 0.25) is 0 Å². The summed E-state index contributed by atoms with van der Waals surface area (Å²) in [6.45, 7) is 0. The van der Waals surface area contributed by atoms with Gasteiger partial charge in [-0.05, 0) is 92.5 Å². The van der Waals surface area contributed by atoms with Crippen molar-refractivity contribution < 1.29 is 0 Å². The average molecular weight is 562 g/mol. The van der Waals surface area contributed by atoms with E-state index in [0.717, 1.165) is 0 Å². The maximum absolute atomic E-state index is 3.62. The summed E-state index contributed by atoms with van der Waals surface area (Å²) in [5.41, 5.74) is 0. The van der Waals surface area contributed by atoms with Crippen LogP contribution in [0, 0.1) is 0 Å². The standard InChI is InChI=1S/C22H10Br2S4/c23-21-9-15-13-7-11(25-17(13)3-5-19(15)27-21)1-2-12-8-14-16-10-22(24)28-20(16)6-4-18(14)26-12/h1-10H. The summed E-state index contributed by atoms with van der Waals surface area (Å²) in [7, 11) is 0. The lowest BCUT2D eigenvalue weighted by Gasteiger charge is -1.90. The van der Waals surface area contributed by atoms with E-state index in [-0.39, 0.29) is 0 Å². The van der Waals surface area contributed by atoms with Crippen molar-refractivity contribution in [2.75, 3.05) is 0 Å². The van der Waals surface area contributed by atoms with Gasteiger partial charge >= 0.3 is 0 Å². The number of rotatable bonds is 2. The lowest BCUT2D eigenvalue weighted by atomic mass is 10.1. The fourth-order valence-electron chi connectivity index (χ4n) is 3.57. The molecule has 0 unspecified atom stereocenters. The van der Waals surface area contributed by atoms with Gasteiger partial charge in [0.1, 0.15) is 0 Å². The van der Waals surface area contributed by atoms with Crippen LogP contribution in [-0.4, -0.2) is 0 Å². The van der Waals surface area contributed by atoms with Gasteiger partial charge in [0.15, 0.2) is 0 Å². The SMILES string of the molecule is Brc1cc2c(ccc3sc(C=Cc4cc5c(ccc6sc(Br)cc65)s4)cc32)s1. The largest absolute Gasteiger partial charge is 0.136 e. The third-order valence-electron chi connectivity index (χ3n) is 4.79. The molecule has 0 nitrogen and oxygen atoms in total. The zero-order valence-electron chi connectivity index (χ0n) is 14.2. The third kappa shape index (κ3) is 2.93. The molecule has 0 amide bonds. The summed E-state index contributed by atoms with van der Waals surface area (Å²) >= 11 is 14.5. The van der Waals surface area contributed by atoms with Crippen molar-refractivity contribution in [1.82, 2.24) is 0 Å². The Kier molecular flexibility index (Phi) is 4.30. The molecule has 0 bridgehead atoms. The Hall–Kier alpha value is -1.02. The van der Waals surface area contributed by atoms with Crippen LogP contribution < -0.4 is 0 Å². The van der Waals surface area contributed by atoms with E-state index < -0.39 is 0 Å². The van der Waals surface area contributed by atoms with Gasteiger partial charge in [-0.2, -0.15) is 0 Å². The number of benzene rings is 2. The first-order valence-electron chi connectivity index (χ1n) is 8.55. The molecule has 136 valence electrons. The predicted octanol–water partition coefficient (Wildman–Crippen LogP) is 10.2. The van der Waals surface area contributed by atoms with Gasteiger partial charge < -0.3 is 0 Å². The third-order valence-corrected chi connectivity index (χ3v) is 10.1. The predicted molar refractivity (Wildman–Crippen MR) is 139 cm³/mol. The minimum Gasteiger partial charge on any atom is -0.136 e. The topological polar surface area (TPSA) is 0 Å². The second kappa shape index (κ2) is 6.76. The number of thiophene rings is 4. The molecule has 0 saturated heterocycles. The van der Waals surface area contributed by atoms with Crippen LogP contribution in [0.3, 0.4) is 0 Å². The van der Waals surface area contributed by atoms with Crippen LogP contribution in [0.5, 0.6) is 0 Å². The monoisotopic (exact) mass is 560 g/mol. The Labute approximate surface area is 194 Å². The van der Waals surface area contributed by atoms with E-state index in [0.29, 0.717) is 0 Å². The molecule has 2 aromatic carbocycles. The minimum absolute atomic E-state index is 1.19. The Morgan fingerprint density at radius 3 is 1.29 bits per heavy atom. The molecule has 0 spiro atoms. The molecule has 6 heteroatoms. The smallest absolute Gasteiger partial charge is 0.0711 e. The van der Waals surface area contributed by atoms with Crippen molar-refractivity contribution >= 4 is 130 Å². The Morgan fingerprint density at radius 1 is 0.500 bits per heavy atom. The normalized spacial score (nSPS) is 12.5. The molecule has 4 heterocycles. The van der Waals surface area contributed by atoms with Crippen molar-refractivity contribution in [3.63, 3.8) is 0 Å². The van der Waals surface area contributed by atoms with Crippen molar-refractivity contribution in [3.05, 3.63) is 65.9 Å². The van der Waals surface area contributed by atoms with E-state index >= 15 is 0 Å². The van der Waals surface area contributed by atoms with Gasteiger partial charge in [-0.15, -0.1) is 45.3 Å². The van der Waals surface area contributed by atoms with Crippen molar-refractivity contribution in [2.24, 2.45) is 0 Å². The fourth-order valence-corrected chi connectivity index (χ4v) is 8.64. The first-order chi connectivity index (χ1) is 13.6. The maximum Gasteiger partial charge on any atom is 0.0711 e. The molecule has 0 aliphatic carbocycles. The lowest BCUT2D eigenvalue weighted by molar-refractivity contribution is 1.98. The summed E-state index contributed by atoms with van der Waals surface area (Å²) in [6.07, 6.45) is 4.51. The van der Waals surface area contributed by atoms with Gasteiger partial charge in [0.25, 0.3) is 0 Å². The second-order valence-corrected chi connectivity index (χ2v) is 13.7. The van der Waals surface area contributed by atoms with E-state index in [1.54, 1.807) is 22.7 Å². The molecular formula is C22H10Br2S4. The Morgan fingerprint density at radius 2 is 0.857 bits per heavy atom. The highest BCUT2D eigenvalue weighted by Crippen LogP contribution is 2.40. The van der Waals surface area contributed by atoms with E-state index in [4.69, 9.17) is 0 Å². The molecule has 0 aliphatic rings. The first kappa shape index (κ1) is 17.8. The molecule has 6 aromatic rings. The Balaban J connectivity index is 1.43. The fraction of sp³-hybridized carbons (Fsp3) is 0. The summed E-state index contributed by atoms with van der Waals surface area (Å²) < 4.78 is 7.74. The molecule has 4 aromatic heterocycles. The van der Waals surface area contributed by atoms with Crippen LogP contribution >= 0.6 is 77.2 Å². The van der Waals surface area contributed by atoms with Crippen molar-refractivity contribution in [1.29, 1.82) is 0 Å². The molecule has 0 saturated carbocycles. The number of fused-ring (bicyclic) bond motifs is 6. The summed E-state index contributed by atoms with van der Waals surface area (Å²) in [6, 6.07) is 18.1. The highest BCUT2D eigenvalue weighted by molar-refractivity contribution is 9.11.